The van der Waals surface area contributed by atoms with Crippen molar-refractivity contribution in [3.05, 3.63) is 42.1 Å². The maximum absolute atomic E-state index is 10.1. The lowest BCUT2D eigenvalue weighted by molar-refractivity contribution is -0.129. The van der Waals surface area contributed by atoms with Crippen LogP contribution in [0.1, 0.15) is 18.4 Å². The lowest BCUT2D eigenvalue weighted by atomic mass is 10.0. The summed E-state index contributed by atoms with van der Waals surface area (Å²) in [7, 11) is 0. The molecule has 0 N–H and O–H groups in total. The van der Waals surface area contributed by atoms with Crippen LogP contribution in [-0.4, -0.2) is 18.1 Å². The molecule has 1 atom stereocenters. The minimum atomic E-state index is 0.169. The van der Waals surface area contributed by atoms with Gasteiger partial charge in [0.15, 0.2) is 0 Å². The van der Waals surface area contributed by atoms with Crippen molar-refractivity contribution in [3.63, 3.8) is 0 Å². The molecule has 1 aromatic carbocycles. The fraction of sp³-hybridized carbons (Fsp3) is 0.231. The van der Waals surface area contributed by atoms with Crippen molar-refractivity contribution in [2.75, 3.05) is 6.61 Å². The summed E-state index contributed by atoms with van der Waals surface area (Å²) >= 11 is 0. The van der Waals surface area contributed by atoms with Crippen molar-refractivity contribution in [1.29, 1.82) is 0 Å². The summed E-state index contributed by atoms with van der Waals surface area (Å²) in [5.74, 6) is 0.169. The third kappa shape index (κ3) is 2.19. The smallest absolute Gasteiger partial charge is 0.293 e. The highest BCUT2D eigenvalue weighted by molar-refractivity contribution is 5.78. The van der Waals surface area contributed by atoms with Gasteiger partial charge in [-0.15, -0.1) is 0 Å². The van der Waals surface area contributed by atoms with E-state index in [-0.39, 0.29) is 5.92 Å². The number of pyridine rings is 1. The van der Waals surface area contributed by atoms with Crippen molar-refractivity contribution in [2.45, 2.75) is 12.8 Å². The molecular weight excluding hydrogens is 202 g/mol. The van der Waals surface area contributed by atoms with Crippen molar-refractivity contribution < 1.29 is 9.53 Å². The molecule has 82 valence electrons. The largest absolute Gasteiger partial charge is 0.467 e. The Balaban J connectivity index is 2.28. The van der Waals surface area contributed by atoms with E-state index < -0.39 is 0 Å². The Labute approximate surface area is 94.1 Å². The number of carbonyl (C=O) groups excluding carboxylic acids is 1. The van der Waals surface area contributed by atoms with Gasteiger partial charge in [-0.3, -0.25) is 9.78 Å². The van der Waals surface area contributed by atoms with Gasteiger partial charge in [0, 0.05) is 17.5 Å². The normalized spacial score (nSPS) is 12.3. The highest BCUT2D eigenvalue weighted by atomic mass is 16.5. The molecule has 0 aliphatic heterocycles. The molecule has 2 aromatic rings. The molecule has 0 bridgehead atoms. The average Bonchev–Trinajstić information content (AvgIpc) is 2.35. The zero-order chi connectivity index (χ0) is 11.4. The van der Waals surface area contributed by atoms with Gasteiger partial charge in [0.1, 0.15) is 0 Å². The third-order valence-corrected chi connectivity index (χ3v) is 2.59. The molecule has 1 heterocycles. The Morgan fingerprint density at radius 2 is 2.25 bits per heavy atom. The second kappa shape index (κ2) is 4.75. The van der Waals surface area contributed by atoms with Gasteiger partial charge in [0.2, 0.25) is 0 Å². The number of para-hydroxylation sites is 1. The Hall–Kier alpha value is -1.90. The molecule has 0 amide bonds. The summed E-state index contributed by atoms with van der Waals surface area (Å²) in [6, 6.07) is 10.0. The standard InChI is InChI=1S/C13H13NO2/c1-10(8-16-9-15)12-6-11-4-2-3-5-13(11)14-7-12/h2-7,9-10H,8H2,1H3. The Morgan fingerprint density at radius 1 is 1.44 bits per heavy atom. The number of fused-ring (bicyclic) bond motifs is 1. The van der Waals surface area contributed by atoms with E-state index in [0.717, 1.165) is 16.5 Å². The van der Waals surface area contributed by atoms with Gasteiger partial charge in [-0.25, -0.2) is 0 Å². The predicted molar refractivity (Wildman–Crippen MR) is 62.2 cm³/mol. The molecule has 0 radical (unpaired) electrons. The number of hydrogen-bond donors (Lipinski definition) is 0. The summed E-state index contributed by atoms with van der Waals surface area (Å²) in [6.45, 7) is 2.88. The van der Waals surface area contributed by atoms with Gasteiger partial charge in [0.05, 0.1) is 12.1 Å². The van der Waals surface area contributed by atoms with E-state index in [0.29, 0.717) is 13.1 Å². The minimum Gasteiger partial charge on any atom is -0.467 e. The lowest BCUT2D eigenvalue weighted by Gasteiger charge is -2.10. The summed E-state index contributed by atoms with van der Waals surface area (Å²) in [5, 5.41) is 1.11. The van der Waals surface area contributed by atoms with E-state index in [1.807, 2.05) is 37.4 Å². The Kier molecular flexibility index (Phi) is 3.15. The molecule has 1 aromatic heterocycles. The van der Waals surface area contributed by atoms with Crippen molar-refractivity contribution in [3.8, 4) is 0 Å². The van der Waals surface area contributed by atoms with E-state index in [1.165, 1.54) is 0 Å². The highest BCUT2D eigenvalue weighted by Crippen LogP contribution is 2.19. The maximum Gasteiger partial charge on any atom is 0.293 e. The molecule has 0 saturated heterocycles. The minimum absolute atomic E-state index is 0.169. The zero-order valence-corrected chi connectivity index (χ0v) is 9.09. The molecule has 0 saturated carbocycles. The van der Waals surface area contributed by atoms with Crippen LogP contribution in [0.15, 0.2) is 36.5 Å². The molecule has 2 rings (SSSR count). The van der Waals surface area contributed by atoms with Gasteiger partial charge in [0.25, 0.3) is 6.47 Å². The molecule has 3 heteroatoms. The Bertz CT molecular complexity index is 496. The topological polar surface area (TPSA) is 39.2 Å². The van der Waals surface area contributed by atoms with Crippen LogP contribution in [0.2, 0.25) is 0 Å². The van der Waals surface area contributed by atoms with E-state index in [1.54, 1.807) is 0 Å². The van der Waals surface area contributed by atoms with Crippen LogP contribution in [0, 0.1) is 0 Å². The number of aromatic nitrogens is 1. The number of ether oxygens (including phenoxy) is 1. The summed E-state index contributed by atoms with van der Waals surface area (Å²) in [6.07, 6.45) is 1.83. The molecule has 16 heavy (non-hydrogen) atoms. The first-order valence-corrected chi connectivity index (χ1v) is 5.21. The van der Waals surface area contributed by atoms with Crippen LogP contribution in [-0.2, 0) is 9.53 Å². The van der Waals surface area contributed by atoms with Crippen LogP contribution < -0.4 is 0 Å². The maximum atomic E-state index is 10.1. The van der Waals surface area contributed by atoms with Crippen LogP contribution in [0.5, 0.6) is 0 Å². The van der Waals surface area contributed by atoms with Crippen LogP contribution in [0.4, 0.5) is 0 Å². The first kappa shape index (κ1) is 10.6. The third-order valence-electron chi connectivity index (χ3n) is 2.59. The molecule has 0 spiro atoms. The molecular formula is C13H13NO2. The fourth-order valence-corrected chi connectivity index (χ4v) is 1.64. The number of hydrogen-bond acceptors (Lipinski definition) is 3. The van der Waals surface area contributed by atoms with Crippen molar-refractivity contribution >= 4 is 17.4 Å². The summed E-state index contributed by atoms with van der Waals surface area (Å²) < 4.78 is 4.75. The average molecular weight is 215 g/mol. The van der Waals surface area contributed by atoms with E-state index in [2.05, 4.69) is 11.1 Å². The van der Waals surface area contributed by atoms with Crippen LogP contribution in [0.25, 0.3) is 10.9 Å². The van der Waals surface area contributed by atoms with Gasteiger partial charge in [-0.1, -0.05) is 25.1 Å². The molecule has 0 aliphatic carbocycles. The predicted octanol–water partition coefficient (Wildman–Crippen LogP) is 2.51. The number of carbonyl (C=O) groups is 1. The Morgan fingerprint density at radius 3 is 3.06 bits per heavy atom. The van der Waals surface area contributed by atoms with Crippen molar-refractivity contribution in [2.24, 2.45) is 0 Å². The van der Waals surface area contributed by atoms with Gasteiger partial charge >= 0.3 is 0 Å². The van der Waals surface area contributed by atoms with Crippen LogP contribution >= 0.6 is 0 Å². The zero-order valence-electron chi connectivity index (χ0n) is 9.09. The summed E-state index contributed by atoms with van der Waals surface area (Å²) in [5.41, 5.74) is 2.07. The second-order valence-corrected chi connectivity index (χ2v) is 3.79. The number of benzene rings is 1. The first-order chi connectivity index (χ1) is 7.81. The molecule has 0 aliphatic rings. The van der Waals surface area contributed by atoms with Gasteiger partial charge in [-0.2, -0.15) is 0 Å². The van der Waals surface area contributed by atoms with Gasteiger partial charge < -0.3 is 4.74 Å². The SMILES string of the molecule is CC(COC=O)c1cnc2ccccc2c1. The lowest BCUT2D eigenvalue weighted by Crippen LogP contribution is -2.03. The van der Waals surface area contributed by atoms with E-state index >= 15 is 0 Å². The number of nitrogens with zero attached hydrogens (tertiary/aromatic N) is 1. The number of rotatable bonds is 4. The molecule has 1 unspecified atom stereocenters. The monoisotopic (exact) mass is 215 g/mol. The van der Waals surface area contributed by atoms with Gasteiger partial charge in [-0.05, 0) is 17.7 Å². The fourth-order valence-electron chi connectivity index (χ4n) is 1.64. The van der Waals surface area contributed by atoms with Crippen LogP contribution in [0.3, 0.4) is 0 Å². The quantitative estimate of drug-likeness (QED) is 0.735. The second-order valence-electron chi connectivity index (χ2n) is 3.79. The molecule has 0 fully saturated rings. The van der Waals surface area contributed by atoms with E-state index in [4.69, 9.17) is 4.74 Å². The summed E-state index contributed by atoms with van der Waals surface area (Å²) in [4.78, 5) is 14.5. The van der Waals surface area contributed by atoms with Crippen molar-refractivity contribution in [1.82, 2.24) is 4.98 Å². The highest BCUT2D eigenvalue weighted by Gasteiger charge is 2.07. The van der Waals surface area contributed by atoms with E-state index in [9.17, 15) is 4.79 Å². The first-order valence-electron chi connectivity index (χ1n) is 5.21. The molecule has 3 nitrogen and oxygen atoms in total.